The lowest BCUT2D eigenvalue weighted by molar-refractivity contribution is 0.0514. The van der Waals surface area contributed by atoms with Crippen LogP contribution in [0.4, 0.5) is 4.79 Å². The van der Waals surface area contributed by atoms with E-state index in [9.17, 15) is 9.90 Å². The molecule has 1 amide bonds. The van der Waals surface area contributed by atoms with Crippen LogP contribution in [-0.2, 0) is 15.7 Å². The molecular formula is C15H25NO4Si. The highest BCUT2D eigenvalue weighted by Crippen LogP contribution is 2.12. The first-order valence-electron chi connectivity index (χ1n) is 7.00. The third-order valence-electron chi connectivity index (χ3n) is 2.95. The Morgan fingerprint density at radius 1 is 1.24 bits per heavy atom. The first-order valence-corrected chi connectivity index (χ1v) is 10.4. The highest BCUT2D eigenvalue weighted by atomic mass is 28.4. The summed E-state index contributed by atoms with van der Waals surface area (Å²) in [5.41, 5.74) is 0.953. The predicted molar refractivity (Wildman–Crippen MR) is 85.0 cm³/mol. The Balaban J connectivity index is 2.80. The molecule has 0 radical (unpaired) electrons. The standard InChI is InChI=1S/C15H25NO4Si/c1-19-11-14(12-20-21(2,3)4)16(15(17)18)10-13-8-6-5-7-9-13/h5-9,14H,10-12H2,1-4H3,(H,17,18). The second-order valence-electron chi connectivity index (χ2n) is 5.93. The van der Waals surface area contributed by atoms with Gasteiger partial charge in [0.05, 0.1) is 19.3 Å². The number of nitrogens with zero attached hydrogens (tertiary/aromatic N) is 1. The van der Waals surface area contributed by atoms with Crippen molar-refractivity contribution in [2.24, 2.45) is 0 Å². The van der Waals surface area contributed by atoms with E-state index in [0.717, 1.165) is 5.56 Å². The Morgan fingerprint density at radius 3 is 2.33 bits per heavy atom. The van der Waals surface area contributed by atoms with Crippen molar-refractivity contribution in [1.29, 1.82) is 0 Å². The molecule has 1 N–H and O–H groups in total. The molecule has 21 heavy (non-hydrogen) atoms. The van der Waals surface area contributed by atoms with Crippen LogP contribution < -0.4 is 0 Å². The SMILES string of the molecule is COCC(CO[Si](C)(C)C)N(Cc1ccccc1)C(=O)O. The maximum Gasteiger partial charge on any atom is 0.408 e. The van der Waals surface area contributed by atoms with E-state index >= 15 is 0 Å². The summed E-state index contributed by atoms with van der Waals surface area (Å²) < 4.78 is 11.0. The van der Waals surface area contributed by atoms with Gasteiger partial charge >= 0.3 is 6.09 Å². The van der Waals surface area contributed by atoms with Crippen LogP contribution in [0.1, 0.15) is 5.56 Å². The Labute approximate surface area is 127 Å². The van der Waals surface area contributed by atoms with Crippen LogP contribution in [-0.4, -0.2) is 50.8 Å². The second-order valence-corrected chi connectivity index (χ2v) is 10.4. The van der Waals surface area contributed by atoms with Crippen molar-refractivity contribution < 1.29 is 19.1 Å². The van der Waals surface area contributed by atoms with Crippen LogP contribution in [0.2, 0.25) is 19.6 Å². The molecule has 1 aromatic rings. The highest BCUT2D eigenvalue weighted by Gasteiger charge is 2.26. The van der Waals surface area contributed by atoms with Gasteiger partial charge in [0.1, 0.15) is 0 Å². The molecule has 1 aromatic carbocycles. The molecule has 0 heterocycles. The predicted octanol–water partition coefficient (Wildman–Crippen LogP) is 3.03. The molecule has 1 rings (SSSR count). The lowest BCUT2D eigenvalue weighted by Crippen LogP contribution is -2.46. The van der Waals surface area contributed by atoms with Crippen LogP contribution in [0, 0.1) is 0 Å². The van der Waals surface area contributed by atoms with E-state index in [0.29, 0.717) is 19.8 Å². The van der Waals surface area contributed by atoms with Crippen molar-refractivity contribution in [2.45, 2.75) is 32.2 Å². The number of amides is 1. The van der Waals surface area contributed by atoms with Gasteiger partial charge in [-0.2, -0.15) is 0 Å². The van der Waals surface area contributed by atoms with E-state index in [-0.39, 0.29) is 6.04 Å². The maximum absolute atomic E-state index is 11.6. The molecule has 0 bridgehead atoms. The van der Waals surface area contributed by atoms with Gasteiger partial charge in [0, 0.05) is 13.7 Å². The molecule has 0 fully saturated rings. The number of hydrogen-bond donors (Lipinski definition) is 1. The van der Waals surface area contributed by atoms with Gasteiger partial charge in [-0.05, 0) is 25.2 Å². The van der Waals surface area contributed by atoms with Crippen molar-refractivity contribution in [1.82, 2.24) is 4.90 Å². The minimum Gasteiger partial charge on any atom is -0.465 e. The van der Waals surface area contributed by atoms with Gasteiger partial charge in [-0.25, -0.2) is 4.79 Å². The minimum atomic E-state index is -1.70. The number of carboxylic acid groups (broad SMARTS) is 1. The monoisotopic (exact) mass is 311 g/mol. The molecule has 1 unspecified atom stereocenters. The average molecular weight is 311 g/mol. The lowest BCUT2D eigenvalue weighted by atomic mass is 10.2. The number of benzene rings is 1. The topological polar surface area (TPSA) is 59.0 Å². The number of hydrogen-bond acceptors (Lipinski definition) is 3. The number of rotatable bonds is 8. The summed E-state index contributed by atoms with van der Waals surface area (Å²) in [5, 5.41) is 9.49. The van der Waals surface area contributed by atoms with Gasteiger partial charge in [-0.15, -0.1) is 0 Å². The van der Waals surface area contributed by atoms with Crippen LogP contribution >= 0.6 is 0 Å². The molecule has 0 spiro atoms. The minimum absolute atomic E-state index is 0.306. The third-order valence-corrected chi connectivity index (χ3v) is 3.98. The Bertz CT molecular complexity index is 433. The van der Waals surface area contributed by atoms with Crippen molar-refractivity contribution in [3.05, 3.63) is 35.9 Å². The molecule has 118 valence electrons. The summed E-state index contributed by atoms with van der Waals surface area (Å²) in [5.74, 6) is 0. The zero-order valence-electron chi connectivity index (χ0n) is 13.2. The van der Waals surface area contributed by atoms with E-state index in [1.807, 2.05) is 30.3 Å². The maximum atomic E-state index is 11.6. The number of methoxy groups -OCH3 is 1. The molecule has 1 atom stereocenters. The smallest absolute Gasteiger partial charge is 0.408 e. The quantitative estimate of drug-likeness (QED) is 0.750. The Morgan fingerprint density at radius 2 is 1.86 bits per heavy atom. The molecule has 6 heteroatoms. The summed E-state index contributed by atoms with van der Waals surface area (Å²) >= 11 is 0. The van der Waals surface area contributed by atoms with Gasteiger partial charge < -0.3 is 14.3 Å². The van der Waals surface area contributed by atoms with Crippen LogP contribution in [0.5, 0.6) is 0 Å². The first-order chi connectivity index (χ1) is 9.83. The van der Waals surface area contributed by atoms with E-state index in [2.05, 4.69) is 19.6 Å². The van der Waals surface area contributed by atoms with E-state index in [4.69, 9.17) is 9.16 Å². The van der Waals surface area contributed by atoms with Gasteiger partial charge in [0.15, 0.2) is 8.32 Å². The lowest BCUT2D eigenvalue weighted by Gasteiger charge is -2.31. The van der Waals surface area contributed by atoms with Crippen molar-refractivity contribution in [3.63, 3.8) is 0 Å². The zero-order valence-corrected chi connectivity index (χ0v) is 14.2. The molecule has 0 aliphatic rings. The molecule has 0 aromatic heterocycles. The highest BCUT2D eigenvalue weighted by molar-refractivity contribution is 6.69. The molecule has 0 aliphatic heterocycles. The third kappa shape index (κ3) is 6.75. The van der Waals surface area contributed by atoms with E-state index < -0.39 is 14.4 Å². The summed E-state index contributed by atoms with van der Waals surface area (Å²) in [6.45, 7) is 7.27. The van der Waals surface area contributed by atoms with Gasteiger partial charge in [0.2, 0.25) is 0 Å². The summed E-state index contributed by atoms with van der Waals surface area (Å²) in [4.78, 5) is 13.0. The van der Waals surface area contributed by atoms with Gasteiger partial charge in [-0.1, -0.05) is 30.3 Å². The van der Waals surface area contributed by atoms with Gasteiger partial charge in [-0.3, -0.25) is 4.90 Å². The van der Waals surface area contributed by atoms with Crippen molar-refractivity contribution in [2.75, 3.05) is 20.3 Å². The summed E-state index contributed by atoms with van der Waals surface area (Å²) in [6, 6.07) is 9.24. The van der Waals surface area contributed by atoms with E-state index in [1.165, 1.54) is 4.90 Å². The fourth-order valence-electron chi connectivity index (χ4n) is 1.90. The molecule has 5 nitrogen and oxygen atoms in total. The summed E-state index contributed by atoms with van der Waals surface area (Å²) in [7, 11) is -0.123. The molecule has 0 saturated heterocycles. The van der Waals surface area contributed by atoms with Crippen LogP contribution in [0.25, 0.3) is 0 Å². The van der Waals surface area contributed by atoms with E-state index in [1.54, 1.807) is 7.11 Å². The van der Waals surface area contributed by atoms with Crippen molar-refractivity contribution in [3.8, 4) is 0 Å². The molecular weight excluding hydrogens is 286 g/mol. The first kappa shape index (κ1) is 17.7. The average Bonchev–Trinajstić information content (AvgIpc) is 2.41. The number of carbonyl (C=O) groups is 1. The molecule has 0 saturated carbocycles. The normalized spacial score (nSPS) is 13.0. The van der Waals surface area contributed by atoms with Crippen LogP contribution in [0.15, 0.2) is 30.3 Å². The second kappa shape index (κ2) is 8.16. The summed E-state index contributed by atoms with van der Waals surface area (Å²) in [6.07, 6.45) is -0.958. The van der Waals surface area contributed by atoms with Crippen LogP contribution in [0.3, 0.4) is 0 Å². The fourth-order valence-corrected chi connectivity index (χ4v) is 2.59. The Hall–Kier alpha value is -1.37. The Kier molecular flexibility index (Phi) is 6.87. The van der Waals surface area contributed by atoms with Crippen molar-refractivity contribution >= 4 is 14.4 Å². The van der Waals surface area contributed by atoms with Gasteiger partial charge in [0.25, 0.3) is 0 Å². The largest absolute Gasteiger partial charge is 0.465 e. The fraction of sp³-hybridized carbons (Fsp3) is 0.533. The molecule has 0 aliphatic carbocycles. The number of ether oxygens (including phenoxy) is 1. The zero-order chi connectivity index (χ0) is 15.9.